The molecule has 4 aliphatic rings. The number of carbonyl (C=O) groups is 4. The maximum atomic E-state index is 14.7. The van der Waals surface area contributed by atoms with E-state index in [0.29, 0.717) is 57.3 Å². The SMILES string of the molecule is C=CC1C[C@]1(CC(=O)[C@@H]1C[C@@H](Oc2cc(-c3nnc(CC(C)C)s3)nc3c(Cl)c(OC)ccc23)CN1C(=O)[C@@H](CC(=O)OC1C[C@@H]2C[C@@H]2C1)C(C)(C)C)C(=O)O. The summed E-state index contributed by atoms with van der Waals surface area (Å²) in [6.45, 7) is 13.7. The van der Waals surface area contributed by atoms with Crippen molar-refractivity contribution in [3.8, 4) is 22.2 Å². The van der Waals surface area contributed by atoms with E-state index in [1.54, 1.807) is 24.3 Å². The fourth-order valence-electron chi connectivity index (χ4n) is 8.69. The number of esters is 1. The Labute approximate surface area is 336 Å². The minimum absolute atomic E-state index is 0.0359. The third-order valence-electron chi connectivity index (χ3n) is 12.1. The molecule has 56 heavy (non-hydrogen) atoms. The molecular formula is C42H51ClN4O8S. The van der Waals surface area contributed by atoms with Gasteiger partial charge in [0.1, 0.15) is 39.4 Å². The van der Waals surface area contributed by atoms with Gasteiger partial charge in [-0.25, -0.2) is 4.98 Å². The minimum Gasteiger partial charge on any atom is -0.495 e. The fraction of sp³-hybridized carbons (Fsp3) is 0.595. The lowest BCUT2D eigenvalue weighted by Gasteiger charge is -2.35. The summed E-state index contributed by atoms with van der Waals surface area (Å²) in [5.74, 6) is -0.857. The van der Waals surface area contributed by atoms with E-state index in [1.807, 2.05) is 20.8 Å². The average molecular weight is 807 g/mol. The number of Topliss-reactive ketones (excluding diaryl/α,β-unsaturated/α-hetero) is 1. The number of hydrogen-bond donors (Lipinski definition) is 1. The maximum absolute atomic E-state index is 14.7. The van der Waals surface area contributed by atoms with E-state index in [0.717, 1.165) is 24.3 Å². The Hall–Kier alpha value is -4.10. The first-order valence-electron chi connectivity index (χ1n) is 19.6. The molecule has 0 spiro atoms. The van der Waals surface area contributed by atoms with Gasteiger partial charge in [-0.2, -0.15) is 0 Å². The van der Waals surface area contributed by atoms with E-state index >= 15 is 0 Å². The third kappa shape index (κ3) is 8.03. The number of methoxy groups -OCH3 is 1. The first-order chi connectivity index (χ1) is 26.5. The van der Waals surface area contributed by atoms with Crippen LogP contribution in [0.25, 0.3) is 21.6 Å². The van der Waals surface area contributed by atoms with Gasteiger partial charge in [-0.1, -0.05) is 63.6 Å². The number of amides is 1. The van der Waals surface area contributed by atoms with Gasteiger partial charge < -0.3 is 24.2 Å². The first-order valence-corrected chi connectivity index (χ1v) is 20.8. The quantitative estimate of drug-likeness (QED) is 0.119. The molecule has 300 valence electrons. The first kappa shape index (κ1) is 40.1. The molecule has 0 bridgehead atoms. The van der Waals surface area contributed by atoms with Crippen LogP contribution in [0.15, 0.2) is 30.9 Å². The molecule has 3 saturated carbocycles. The normalized spacial score (nSPS) is 27.2. The summed E-state index contributed by atoms with van der Waals surface area (Å²) in [7, 11) is 1.52. The summed E-state index contributed by atoms with van der Waals surface area (Å²) in [5, 5.41) is 21.3. The number of fused-ring (bicyclic) bond motifs is 2. The molecule has 1 N–H and O–H groups in total. The Bertz CT molecular complexity index is 2050. The van der Waals surface area contributed by atoms with Crippen molar-refractivity contribution in [1.82, 2.24) is 20.1 Å². The van der Waals surface area contributed by atoms with Crippen molar-refractivity contribution in [2.45, 2.75) is 104 Å². The molecule has 8 atom stereocenters. The van der Waals surface area contributed by atoms with Gasteiger partial charge in [-0.3, -0.25) is 19.2 Å². The van der Waals surface area contributed by atoms with Crippen LogP contribution in [0.1, 0.15) is 84.6 Å². The third-order valence-corrected chi connectivity index (χ3v) is 13.4. The highest BCUT2D eigenvalue weighted by molar-refractivity contribution is 7.14. The van der Waals surface area contributed by atoms with Crippen molar-refractivity contribution in [3.63, 3.8) is 0 Å². The second-order valence-corrected chi connectivity index (χ2v) is 19.1. The molecule has 1 saturated heterocycles. The molecule has 7 rings (SSSR count). The van der Waals surface area contributed by atoms with Crippen LogP contribution in [0.4, 0.5) is 0 Å². The molecule has 14 heteroatoms. The highest BCUT2D eigenvalue weighted by Crippen LogP contribution is 2.57. The lowest BCUT2D eigenvalue weighted by atomic mass is 9.77. The van der Waals surface area contributed by atoms with Gasteiger partial charge in [0.2, 0.25) is 5.91 Å². The van der Waals surface area contributed by atoms with Crippen molar-refractivity contribution in [3.05, 3.63) is 40.9 Å². The van der Waals surface area contributed by atoms with E-state index in [-0.39, 0.29) is 54.5 Å². The van der Waals surface area contributed by atoms with Crippen molar-refractivity contribution in [2.75, 3.05) is 13.7 Å². The van der Waals surface area contributed by atoms with Crippen molar-refractivity contribution in [1.29, 1.82) is 0 Å². The number of hydrogen-bond acceptors (Lipinski definition) is 11. The fourth-order valence-corrected chi connectivity index (χ4v) is 9.99. The number of carboxylic acids is 1. The lowest BCUT2D eigenvalue weighted by molar-refractivity contribution is -0.157. The number of benzene rings is 1. The number of halogens is 1. The molecule has 4 fully saturated rings. The van der Waals surface area contributed by atoms with Crippen molar-refractivity contribution >= 4 is 57.5 Å². The number of aliphatic carboxylic acids is 1. The number of pyridine rings is 1. The van der Waals surface area contributed by atoms with E-state index < -0.39 is 40.8 Å². The van der Waals surface area contributed by atoms with Crippen LogP contribution in [-0.2, 0) is 30.3 Å². The zero-order valence-electron chi connectivity index (χ0n) is 32.9. The summed E-state index contributed by atoms with van der Waals surface area (Å²) >= 11 is 8.26. The Morgan fingerprint density at radius 3 is 2.45 bits per heavy atom. The summed E-state index contributed by atoms with van der Waals surface area (Å²) in [6, 6.07) is 4.31. The minimum atomic E-state index is -1.26. The zero-order chi connectivity index (χ0) is 40.3. The number of ether oxygens (including phenoxy) is 3. The van der Waals surface area contributed by atoms with Gasteiger partial charge >= 0.3 is 11.9 Å². The van der Waals surface area contributed by atoms with Crippen molar-refractivity contribution in [2.24, 2.45) is 40.4 Å². The van der Waals surface area contributed by atoms with Crippen LogP contribution in [0.5, 0.6) is 11.5 Å². The predicted molar refractivity (Wildman–Crippen MR) is 212 cm³/mol. The van der Waals surface area contributed by atoms with Crippen LogP contribution in [0, 0.1) is 40.4 Å². The number of allylic oxidation sites excluding steroid dienone is 1. The summed E-state index contributed by atoms with van der Waals surface area (Å²) < 4.78 is 18.1. The molecule has 12 nitrogen and oxygen atoms in total. The lowest BCUT2D eigenvalue weighted by Crippen LogP contribution is -2.48. The largest absolute Gasteiger partial charge is 0.495 e. The van der Waals surface area contributed by atoms with Gasteiger partial charge in [0.05, 0.1) is 43.0 Å². The van der Waals surface area contributed by atoms with Gasteiger partial charge in [0.25, 0.3) is 0 Å². The number of likely N-dealkylation sites (tertiary alicyclic amines) is 1. The summed E-state index contributed by atoms with van der Waals surface area (Å²) in [6.07, 6.45) is 4.51. The second-order valence-electron chi connectivity index (χ2n) is 17.7. The van der Waals surface area contributed by atoms with Gasteiger partial charge in [-0.15, -0.1) is 16.8 Å². The zero-order valence-corrected chi connectivity index (χ0v) is 34.5. The molecule has 3 aliphatic carbocycles. The molecule has 1 aromatic carbocycles. The van der Waals surface area contributed by atoms with E-state index in [9.17, 15) is 24.3 Å². The summed E-state index contributed by atoms with van der Waals surface area (Å²) in [5.41, 5.74) is -0.998. The number of ketones is 1. The molecule has 1 aliphatic heterocycles. The molecule has 3 aromatic rings. The Kier molecular flexibility index (Phi) is 11.0. The second kappa shape index (κ2) is 15.3. The van der Waals surface area contributed by atoms with Crippen LogP contribution in [0.2, 0.25) is 5.02 Å². The van der Waals surface area contributed by atoms with Crippen molar-refractivity contribution < 1.29 is 38.5 Å². The van der Waals surface area contributed by atoms with Gasteiger partial charge in [0, 0.05) is 30.7 Å². The predicted octanol–water partition coefficient (Wildman–Crippen LogP) is 7.59. The van der Waals surface area contributed by atoms with Crippen LogP contribution >= 0.6 is 22.9 Å². The number of rotatable bonds is 15. The number of carboxylic acid groups (broad SMARTS) is 1. The van der Waals surface area contributed by atoms with Gasteiger partial charge in [-0.05, 0) is 66.9 Å². The Morgan fingerprint density at radius 1 is 1.09 bits per heavy atom. The number of nitrogens with zero attached hydrogens (tertiary/aromatic N) is 4. The molecule has 3 heterocycles. The van der Waals surface area contributed by atoms with E-state index in [4.69, 9.17) is 30.8 Å². The topological polar surface area (TPSA) is 158 Å². The Morgan fingerprint density at radius 2 is 1.82 bits per heavy atom. The molecule has 1 amide bonds. The smallest absolute Gasteiger partial charge is 0.310 e. The highest BCUT2D eigenvalue weighted by Gasteiger charge is 2.61. The molecule has 2 aromatic heterocycles. The molecule has 0 radical (unpaired) electrons. The molecule has 2 unspecified atom stereocenters. The maximum Gasteiger partial charge on any atom is 0.310 e. The number of aromatic nitrogens is 3. The standard InChI is InChI=1S/C42H51ClN4O8S/c1-8-24-18-42(24,40(51)52)19-31(48)30-15-26(20-47(30)39(50)28(41(4,5)6)16-35(49)55-25-13-22-12-23(22)14-25)54-33-17-29(38-46-45-34(56-38)11-21(2)3)44-37-27(33)9-10-32(53-7)36(37)43/h8-10,17,21-26,28,30H,1,11-16,18-20H2,2-7H3,(H,51,52)/t22-,23+,24?,25?,26-,28-,30+,42-/m1/s1. The van der Waals surface area contributed by atoms with Gasteiger partial charge in [0.15, 0.2) is 10.8 Å². The highest BCUT2D eigenvalue weighted by atomic mass is 35.5. The van der Waals surface area contributed by atoms with E-state index in [1.165, 1.54) is 29.8 Å². The summed E-state index contributed by atoms with van der Waals surface area (Å²) in [4.78, 5) is 61.2. The monoisotopic (exact) mass is 806 g/mol. The van der Waals surface area contributed by atoms with Crippen LogP contribution < -0.4 is 9.47 Å². The number of carbonyl (C=O) groups excluding carboxylic acids is 3. The van der Waals surface area contributed by atoms with Crippen LogP contribution in [-0.4, -0.2) is 80.7 Å². The molecular weight excluding hydrogens is 756 g/mol. The Balaban J connectivity index is 1.20. The van der Waals surface area contributed by atoms with E-state index in [2.05, 4.69) is 30.6 Å². The van der Waals surface area contributed by atoms with Crippen LogP contribution in [0.3, 0.4) is 0 Å². The average Bonchev–Trinajstić information content (AvgIpc) is 3.80.